The third-order valence-electron chi connectivity index (χ3n) is 3.23. The summed E-state index contributed by atoms with van der Waals surface area (Å²) in [6.45, 7) is 0. The highest BCUT2D eigenvalue weighted by molar-refractivity contribution is 6.13. The molecule has 2 heterocycles. The van der Waals surface area contributed by atoms with Crippen LogP contribution in [0.15, 0.2) is 53.4 Å². The molecule has 0 saturated carbocycles. The fourth-order valence-corrected chi connectivity index (χ4v) is 2.12. The second-order valence-electron chi connectivity index (χ2n) is 4.77. The summed E-state index contributed by atoms with van der Waals surface area (Å²) in [5.41, 5.74) is 0.857. The molecule has 0 amide bonds. The largest absolute Gasteiger partial charge is 0.490 e. The SMILES string of the molecule is COc1ccc(C2=N/C(=C\c3cccnc3)C(=O)O2)cc1[N+](=O)[O-]. The van der Waals surface area contributed by atoms with Crippen molar-refractivity contribution in [1.29, 1.82) is 0 Å². The number of cyclic esters (lactones) is 1. The second kappa shape index (κ2) is 6.29. The maximum atomic E-state index is 11.9. The lowest BCUT2D eigenvalue weighted by Gasteiger charge is -2.03. The average Bonchev–Trinajstić information content (AvgIpc) is 2.96. The van der Waals surface area contributed by atoms with E-state index in [0.717, 1.165) is 0 Å². The number of methoxy groups -OCH3 is 1. The van der Waals surface area contributed by atoms with Crippen LogP contribution in [0.3, 0.4) is 0 Å². The van der Waals surface area contributed by atoms with Crippen LogP contribution in [0.4, 0.5) is 5.69 Å². The van der Waals surface area contributed by atoms with Crippen molar-refractivity contribution in [3.05, 3.63) is 69.7 Å². The Morgan fingerprint density at radius 1 is 1.33 bits per heavy atom. The van der Waals surface area contributed by atoms with Gasteiger partial charge >= 0.3 is 11.7 Å². The van der Waals surface area contributed by atoms with Crippen molar-refractivity contribution in [3.8, 4) is 5.75 Å². The minimum absolute atomic E-state index is 0.000827. The predicted octanol–water partition coefficient (Wildman–Crippen LogP) is 2.34. The highest BCUT2D eigenvalue weighted by Gasteiger charge is 2.26. The van der Waals surface area contributed by atoms with E-state index in [1.54, 1.807) is 24.5 Å². The second-order valence-corrected chi connectivity index (χ2v) is 4.77. The van der Waals surface area contributed by atoms with Gasteiger partial charge in [-0.3, -0.25) is 15.1 Å². The molecule has 0 saturated heterocycles. The number of ether oxygens (including phenoxy) is 2. The van der Waals surface area contributed by atoms with Crippen LogP contribution in [-0.2, 0) is 9.53 Å². The van der Waals surface area contributed by atoms with Crippen LogP contribution in [0.2, 0.25) is 0 Å². The van der Waals surface area contributed by atoms with E-state index in [0.29, 0.717) is 11.1 Å². The lowest BCUT2D eigenvalue weighted by molar-refractivity contribution is -0.385. The Hall–Kier alpha value is -3.55. The molecule has 0 atom stereocenters. The van der Waals surface area contributed by atoms with Crippen molar-refractivity contribution in [2.75, 3.05) is 7.11 Å². The third-order valence-corrected chi connectivity index (χ3v) is 3.23. The molecule has 0 N–H and O–H groups in total. The first-order valence-corrected chi connectivity index (χ1v) is 6.84. The van der Waals surface area contributed by atoms with Gasteiger partial charge < -0.3 is 9.47 Å². The molecular weight excluding hydrogens is 314 g/mol. The number of aromatic nitrogens is 1. The number of hydrogen-bond donors (Lipinski definition) is 0. The van der Waals surface area contributed by atoms with E-state index in [-0.39, 0.29) is 23.0 Å². The molecule has 1 aliphatic heterocycles. The van der Waals surface area contributed by atoms with Gasteiger partial charge in [-0.15, -0.1) is 0 Å². The number of nitrogens with zero attached hydrogens (tertiary/aromatic N) is 3. The number of esters is 1. The lowest BCUT2D eigenvalue weighted by atomic mass is 10.2. The van der Waals surface area contributed by atoms with Crippen molar-refractivity contribution in [3.63, 3.8) is 0 Å². The zero-order chi connectivity index (χ0) is 17.1. The molecule has 120 valence electrons. The molecule has 0 unspecified atom stereocenters. The molecule has 8 nitrogen and oxygen atoms in total. The summed E-state index contributed by atoms with van der Waals surface area (Å²) in [6, 6.07) is 7.69. The van der Waals surface area contributed by atoms with Crippen molar-refractivity contribution < 1.29 is 19.2 Å². The highest BCUT2D eigenvalue weighted by Crippen LogP contribution is 2.29. The quantitative estimate of drug-likeness (QED) is 0.370. The van der Waals surface area contributed by atoms with E-state index < -0.39 is 10.9 Å². The van der Waals surface area contributed by atoms with E-state index in [1.165, 1.54) is 31.4 Å². The minimum Gasteiger partial charge on any atom is -0.490 e. The first kappa shape index (κ1) is 15.3. The Bertz CT molecular complexity index is 875. The number of benzene rings is 1. The first-order chi connectivity index (χ1) is 11.6. The monoisotopic (exact) mass is 325 g/mol. The summed E-state index contributed by atoms with van der Waals surface area (Å²) in [5.74, 6) is -0.520. The number of carbonyl (C=O) groups excluding carboxylic acids is 1. The molecule has 1 aliphatic rings. The zero-order valence-corrected chi connectivity index (χ0v) is 12.5. The van der Waals surface area contributed by atoms with Crippen LogP contribution >= 0.6 is 0 Å². The summed E-state index contributed by atoms with van der Waals surface area (Å²) in [6.07, 6.45) is 4.71. The minimum atomic E-state index is -0.632. The van der Waals surface area contributed by atoms with Crippen LogP contribution in [0.5, 0.6) is 5.75 Å². The predicted molar refractivity (Wildman–Crippen MR) is 84.5 cm³/mol. The number of aliphatic imine (C=N–C) groups is 1. The Labute approximate surface area is 136 Å². The van der Waals surface area contributed by atoms with Gasteiger partial charge in [0.1, 0.15) is 0 Å². The van der Waals surface area contributed by atoms with E-state index in [4.69, 9.17) is 9.47 Å². The van der Waals surface area contributed by atoms with Crippen molar-refractivity contribution >= 4 is 23.6 Å². The Balaban J connectivity index is 1.97. The molecule has 1 aromatic carbocycles. The Morgan fingerprint density at radius 3 is 2.83 bits per heavy atom. The van der Waals surface area contributed by atoms with Gasteiger partial charge in [0.15, 0.2) is 11.4 Å². The molecule has 2 aromatic rings. The fourth-order valence-electron chi connectivity index (χ4n) is 2.12. The van der Waals surface area contributed by atoms with Gasteiger partial charge in [0.05, 0.1) is 12.0 Å². The summed E-state index contributed by atoms with van der Waals surface area (Å²) >= 11 is 0. The highest BCUT2D eigenvalue weighted by atomic mass is 16.6. The van der Waals surface area contributed by atoms with Gasteiger partial charge in [0, 0.05) is 24.0 Å². The molecule has 3 rings (SSSR count). The normalized spacial score (nSPS) is 15.1. The number of nitro groups is 1. The summed E-state index contributed by atoms with van der Waals surface area (Å²) in [4.78, 5) is 30.5. The number of nitro benzene ring substituents is 1. The molecule has 0 fully saturated rings. The smallest absolute Gasteiger partial charge is 0.363 e. The maximum absolute atomic E-state index is 11.9. The zero-order valence-electron chi connectivity index (χ0n) is 12.5. The molecule has 0 radical (unpaired) electrons. The number of carbonyl (C=O) groups is 1. The molecule has 1 aromatic heterocycles. The molecule has 0 bridgehead atoms. The summed E-state index contributed by atoms with van der Waals surface area (Å²) in [5, 5.41) is 11.1. The van der Waals surface area contributed by atoms with Gasteiger partial charge in [-0.2, -0.15) is 0 Å². The van der Waals surface area contributed by atoms with Crippen LogP contribution in [0, 0.1) is 10.1 Å². The van der Waals surface area contributed by atoms with Gasteiger partial charge in [0.2, 0.25) is 5.90 Å². The maximum Gasteiger partial charge on any atom is 0.363 e. The summed E-state index contributed by atoms with van der Waals surface area (Å²) < 4.78 is 10.0. The van der Waals surface area contributed by atoms with E-state index in [9.17, 15) is 14.9 Å². The fraction of sp³-hybridized carbons (Fsp3) is 0.0625. The number of hydrogen-bond acceptors (Lipinski definition) is 7. The molecule has 0 aliphatic carbocycles. The van der Waals surface area contributed by atoms with Gasteiger partial charge in [-0.25, -0.2) is 9.79 Å². The lowest BCUT2D eigenvalue weighted by Crippen LogP contribution is -2.06. The standard InChI is InChI=1S/C16H11N3O5/c1-23-14-5-4-11(8-13(14)19(21)22)15-18-12(16(20)24-15)7-10-3-2-6-17-9-10/h2-9H,1H3/b12-7-. The van der Waals surface area contributed by atoms with Crippen molar-refractivity contribution in [2.45, 2.75) is 0 Å². The van der Waals surface area contributed by atoms with E-state index >= 15 is 0 Å². The average molecular weight is 325 g/mol. The van der Waals surface area contributed by atoms with Crippen LogP contribution in [0.1, 0.15) is 11.1 Å². The van der Waals surface area contributed by atoms with Crippen LogP contribution < -0.4 is 4.74 Å². The van der Waals surface area contributed by atoms with Crippen LogP contribution in [-0.4, -0.2) is 28.9 Å². The Morgan fingerprint density at radius 2 is 2.17 bits per heavy atom. The Kier molecular flexibility index (Phi) is 4.02. The van der Waals surface area contributed by atoms with Crippen molar-refractivity contribution in [1.82, 2.24) is 4.98 Å². The van der Waals surface area contributed by atoms with E-state index in [2.05, 4.69) is 9.98 Å². The molecule has 8 heteroatoms. The van der Waals surface area contributed by atoms with Gasteiger partial charge in [-0.05, 0) is 29.8 Å². The van der Waals surface area contributed by atoms with Crippen LogP contribution in [0.25, 0.3) is 6.08 Å². The summed E-state index contributed by atoms with van der Waals surface area (Å²) in [7, 11) is 1.34. The van der Waals surface area contributed by atoms with Crippen molar-refractivity contribution in [2.24, 2.45) is 4.99 Å². The molecule has 24 heavy (non-hydrogen) atoms. The third kappa shape index (κ3) is 2.98. The topological polar surface area (TPSA) is 104 Å². The van der Waals surface area contributed by atoms with Gasteiger partial charge in [0.25, 0.3) is 0 Å². The van der Waals surface area contributed by atoms with Gasteiger partial charge in [-0.1, -0.05) is 6.07 Å². The molecular formula is C16H11N3O5. The first-order valence-electron chi connectivity index (χ1n) is 6.84. The number of rotatable bonds is 4. The van der Waals surface area contributed by atoms with E-state index in [1.807, 2.05) is 0 Å². The molecule has 0 spiro atoms. The number of pyridine rings is 1.